The predicted molar refractivity (Wildman–Crippen MR) is 78.4 cm³/mol. The van der Waals surface area contributed by atoms with Gasteiger partial charge in [-0.1, -0.05) is 0 Å². The van der Waals surface area contributed by atoms with Crippen LogP contribution in [0.5, 0.6) is 0 Å². The number of carbonyl (C=O) groups excluding carboxylic acids is 1. The van der Waals surface area contributed by atoms with Crippen molar-refractivity contribution in [2.24, 2.45) is 0 Å². The normalized spacial score (nSPS) is 29.4. The fourth-order valence-electron chi connectivity index (χ4n) is 3.59. The van der Waals surface area contributed by atoms with Crippen molar-refractivity contribution in [2.45, 2.75) is 57.2 Å². The first-order valence-electron chi connectivity index (χ1n) is 7.33. The molecule has 2 aliphatic rings. The van der Waals surface area contributed by atoms with E-state index in [0.717, 1.165) is 24.9 Å². The minimum absolute atomic E-state index is 0.298. The van der Waals surface area contributed by atoms with Crippen molar-refractivity contribution in [2.75, 3.05) is 6.54 Å². The van der Waals surface area contributed by atoms with Crippen LogP contribution in [0.3, 0.4) is 0 Å². The maximum atomic E-state index is 12.5. The third-order valence-electron chi connectivity index (χ3n) is 4.49. The molecule has 2 fully saturated rings. The molecule has 3 nitrogen and oxygen atoms in total. The second-order valence-corrected chi connectivity index (χ2v) is 6.53. The van der Waals surface area contributed by atoms with Crippen LogP contribution in [0, 0.1) is 0 Å². The van der Waals surface area contributed by atoms with Crippen LogP contribution in [0.1, 0.15) is 38.2 Å². The maximum absolute atomic E-state index is 12.5. The van der Waals surface area contributed by atoms with Gasteiger partial charge >= 0.3 is 0 Å². The lowest BCUT2D eigenvalue weighted by atomic mass is 9.97. The van der Waals surface area contributed by atoms with Gasteiger partial charge in [0, 0.05) is 24.7 Å². The summed E-state index contributed by atoms with van der Waals surface area (Å²) in [5.41, 5.74) is 1.16. The van der Waals surface area contributed by atoms with Crippen molar-refractivity contribution >= 4 is 17.2 Å². The first-order valence-corrected chi connectivity index (χ1v) is 8.27. The van der Waals surface area contributed by atoms with Gasteiger partial charge in [0.1, 0.15) is 0 Å². The Morgan fingerprint density at radius 1 is 1.42 bits per heavy atom. The molecule has 3 rings (SSSR count). The molecule has 0 saturated carbocycles. The van der Waals surface area contributed by atoms with E-state index in [-0.39, 0.29) is 0 Å². The van der Waals surface area contributed by atoms with E-state index in [2.05, 4.69) is 28.6 Å². The van der Waals surface area contributed by atoms with Crippen molar-refractivity contribution in [3.63, 3.8) is 0 Å². The molecule has 0 aromatic carbocycles. The van der Waals surface area contributed by atoms with Crippen LogP contribution in [0.15, 0.2) is 16.8 Å². The lowest BCUT2D eigenvalue weighted by Crippen LogP contribution is -2.50. The smallest absolute Gasteiger partial charge is 0.227 e. The van der Waals surface area contributed by atoms with Gasteiger partial charge in [0.15, 0.2) is 0 Å². The van der Waals surface area contributed by atoms with Crippen LogP contribution >= 0.6 is 11.3 Å². The highest BCUT2D eigenvalue weighted by atomic mass is 32.1. The molecule has 2 saturated heterocycles. The van der Waals surface area contributed by atoms with Crippen LogP contribution in [0.25, 0.3) is 0 Å². The van der Waals surface area contributed by atoms with Crippen LogP contribution < -0.4 is 5.32 Å². The minimum atomic E-state index is 0.298. The molecule has 1 amide bonds. The van der Waals surface area contributed by atoms with Crippen molar-refractivity contribution in [3.8, 4) is 0 Å². The minimum Gasteiger partial charge on any atom is -0.340 e. The molecule has 2 aliphatic heterocycles. The van der Waals surface area contributed by atoms with E-state index in [0.29, 0.717) is 30.5 Å². The van der Waals surface area contributed by atoms with E-state index in [1.165, 1.54) is 12.8 Å². The number of piperidine rings is 1. The Morgan fingerprint density at radius 3 is 2.74 bits per heavy atom. The molecule has 104 valence electrons. The predicted octanol–water partition coefficient (Wildman–Crippen LogP) is 2.42. The molecular weight excluding hydrogens is 256 g/mol. The van der Waals surface area contributed by atoms with Crippen LogP contribution in [0.4, 0.5) is 0 Å². The van der Waals surface area contributed by atoms with E-state index in [4.69, 9.17) is 0 Å². The van der Waals surface area contributed by atoms with Gasteiger partial charge in [0.05, 0.1) is 6.42 Å². The topological polar surface area (TPSA) is 32.3 Å². The lowest BCUT2D eigenvalue weighted by molar-refractivity contribution is -0.133. The molecule has 2 unspecified atom stereocenters. The molecule has 1 aromatic rings. The second-order valence-electron chi connectivity index (χ2n) is 5.75. The Bertz CT molecular complexity index is 419. The number of thiophene rings is 1. The number of hydrogen-bond acceptors (Lipinski definition) is 3. The summed E-state index contributed by atoms with van der Waals surface area (Å²) in [4.78, 5) is 14.6. The molecule has 4 heteroatoms. The number of hydrogen-bond donors (Lipinski definition) is 1. The number of amides is 1. The monoisotopic (exact) mass is 278 g/mol. The van der Waals surface area contributed by atoms with Crippen LogP contribution in [-0.4, -0.2) is 35.5 Å². The number of nitrogens with one attached hydrogen (secondary N) is 1. The van der Waals surface area contributed by atoms with Crippen LogP contribution in [-0.2, 0) is 11.2 Å². The maximum Gasteiger partial charge on any atom is 0.227 e. The number of carbonyl (C=O) groups is 1. The SMILES string of the molecule is CCN(C(=O)Cc1ccsc1)C1CC2CCC(C1)N2. The molecule has 0 aliphatic carbocycles. The van der Waals surface area contributed by atoms with E-state index in [9.17, 15) is 4.79 Å². The zero-order chi connectivity index (χ0) is 13.2. The van der Waals surface area contributed by atoms with Gasteiger partial charge in [0.2, 0.25) is 5.91 Å². The molecular formula is C15H22N2OS. The summed E-state index contributed by atoms with van der Waals surface area (Å²) < 4.78 is 0. The average Bonchev–Trinajstić information content (AvgIpc) is 3.00. The summed E-state index contributed by atoms with van der Waals surface area (Å²) in [7, 11) is 0. The van der Waals surface area contributed by atoms with Gasteiger partial charge in [-0.2, -0.15) is 11.3 Å². The van der Waals surface area contributed by atoms with E-state index in [1.807, 2.05) is 5.38 Å². The zero-order valence-corrected chi connectivity index (χ0v) is 12.3. The highest BCUT2D eigenvalue weighted by Gasteiger charge is 2.36. The van der Waals surface area contributed by atoms with Crippen molar-refractivity contribution in [1.29, 1.82) is 0 Å². The molecule has 19 heavy (non-hydrogen) atoms. The van der Waals surface area contributed by atoms with Gasteiger partial charge < -0.3 is 10.2 Å². The Hall–Kier alpha value is -0.870. The Morgan fingerprint density at radius 2 is 2.16 bits per heavy atom. The van der Waals surface area contributed by atoms with Crippen LogP contribution in [0.2, 0.25) is 0 Å². The Kier molecular flexibility index (Phi) is 3.89. The first-order chi connectivity index (χ1) is 9.26. The number of likely N-dealkylation sites (N-methyl/N-ethyl adjacent to an activating group) is 1. The third kappa shape index (κ3) is 2.84. The summed E-state index contributed by atoms with van der Waals surface area (Å²) in [5, 5.41) is 7.77. The van der Waals surface area contributed by atoms with E-state index in [1.54, 1.807) is 11.3 Å². The molecule has 2 bridgehead atoms. The van der Waals surface area contributed by atoms with Gasteiger partial charge in [-0.25, -0.2) is 0 Å². The molecule has 1 N–H and O–H groups in total. The average molecular weight is 278 g/mol. The van der Waals surface area contributed by atoms with Crippen molar-refractivity contribution in [3.05, 3.63) is 22.4 Å². The lowest BCUT2D eigenvalue weighted by Gasteiger charge is -2.37. The summed E-state index contributed by atoms with van der Waals surface area (Å²) in [6.07, 6.45) is 5.42. The number of nitrogens with zero attached hydrogens (tertiary/aromatic N) is 1. The fourth-order valence-corrected chi connectivity index (χ4v) is 4.26. The zero-order valence-electron chi connectivity index (χ0n) is 11.5. The third-order valence-corrected chi connectivity index (χ3v) is 5.22. The second kappa shape index (κ2) is 5.63. The Balaban J connectivity index is 1.65. The van der Waals surface area contributed by atoms with Gasteiger partial charge in [-0.05, 0) is 55.0 Å². The van der Waals surface area contributed by atoms with Gasteiger partial charge in [-0.15, -0.1) is 0 Å². The number of rotatable bonds is 4. The summed E-state index contributed by atoms with van der Waals surface area (Å²) in [5.74, 6) is 0.298. The molecule has 1 aromatic heterocycles. The molecule has 2 atom stereocenters. The summed E-state index contributed by atoms with van der Waals surface area (Å²) in [6.45, 7) is 2.95. The standard InChI is InChI=1S/C15H22N2OS/c1-2-17(15(18)7-11-5-6-19-10-11)14-8-12-3-4-13(9-14)16-12/h5-6,10,12-14,16H,2-4,7-9H2,1H3. The largest absolute Gasteiger partial charge is 0.340 e. The molecule has 0 radical (unpaired) electrons. The van der Waals surface area contributed by atoms with Crippen molar-refractivity contribution in [1.82, 2.24) is 10.2 Å². The highest BCUT2D eigenvalue weighted by Crippen LogP contribution is 2.30. The first kappa shape index (κ1) is 13.1. The van der Waals surface area contributed by atoms with E-state index >= 15 is 0 Å². The fraction of sp³-hybridized carbons (Fsp3) is 0.667. The van der Waals surface area contributed by atoms with Gasteiger partial charge in [-0.3, -0.25) is 4.79 Å². The Labute approximate surface area is 119 Å². The molecule has 3 heterocycles. The highest BCUT2D eigenvalue weighted by molar-refractivity contribution is 7.07. The van der Waals surface area contributed by atoms with Crippen molar-refractivity contribution < 1.29 is 4.79 Å². The van der Waals surface area contributed by atoms with Gasteiger partial charge in [0.25, 0.3) is 0 Å². The number of fused-ring (bicyclic) bond motifs is 2. The summed E-state index contributed by atoms with van der Waals surface area (Å²) >= 11 is 1.67. The molecule has 0 spiro atoms. The quantitative estimate of drug-likeness (QED) is 0.917. The summed E-state index contributed by atoms with van der Waals surface area (Å²) in [6, 6.07) is 3.80. The van der Waals surface area contributed by atoms with E-state index < -0.39 is 0 Å².